The minimum absolute atomic E-state index is 0.634. The number of nitrogens with two attached hydrogens (primary N) is 1. The van der Waals surface area contributed by atoms with Crippen molar-refractivity contribution in [1.82, 2.24) is 4.98 Å². The molecule has 2 atom stereocenters. The van der Waals surface area contributed by atoms with E-state index in [0.29, 0.717) is 0 Å². The van der Waals surface area contributed by atoms with Crippen LogP contribution in [0.3, 0.4) is 0 Å². The number of primary amides is 1. The maximum Gasteiger partial charge on any atom is 0.418 e. The Bertz CT molecular complexity index is 550. The molecule has 1 aromatic rings. The second kappa shape index (κ2) is 7.07. The Kier molecular flexibility index (Phi) is 5.69. The van der Waals surface area contributed by atoms with Crippen molar-refractivity contribution in [3.8, 4) is 0 Å². The zero-order valence-electron chi connectivity index (χ0n) is 11.3. The van der Waals surface area contributed by atoms with Gasteiger partial charge in [-0.3, -0.25) is 9.78 Å². The van der Waals surface area contributed by atoms with Crippen LogP contribution in [0.5, 0.6) is 0 Å². The lowest BCUT2D eigenvalue weighted by molar-refractivity contribution is -0.146. The maximum absolute atomic E-state index is 13.0. The third-order valence-corrected chi connectivity index (χ3v) is 2.54. The van der Waals surface area contributed by atoms with Crippen molar-refractivity contribution in [3.05, 3.63) is 29.6 Å². The molecule has 0 spiro atoms. The molecule has 0 fully saturated rings. The third-order valence-electron chi connectivity index (χ3n) is 2.54. The quantitative estimate of drug-likeness (QED) is 0.621. The molecule has 0 radical (unpaired) electrons. The van der Waals surface area contributed by atoms with Crippen LogP contribution >= 0.6 is 0 Å². The summed E-state index contributed by atoms with van der Waals surface area (Å²) in [6.07, 6.45) is -7.16. The standard InChI is InChI=1S/C12H13F3N2O5/c1-6(18)21-5-7(10(19)22-11(16)20)9-8(12(13,14)15)3-2-4-17-9/h2-4,7,10,19H,5H2,1H3,(H2,16,20)/t7-,10?/m1/s1. The molecule has 0 aliphatic heterocycles. The first-order valence-corrected chi connectivity index (χ1v) is 5.92. The summed E-state index contributed by atoms with van der Waals surface area (Å²) in [5.74, 6) is -2.34. The number of halogens is 3. The van der Waals surface area contributed by atoms with Gasteiger partial charge in [-0.25, -0.2) is 4.79 Å². The Morgan fingerprint density at radius 1 is 1.45 bits per heavy atom. The van der Waals surface area contributed by atoms with E-state index in [-0.39, 0.29) is 0 Å². The molecule has 3 N–H and O–H groups in total. The second-order valence-electron chi connectivity index (χ2n) is 4.17. The molecule has 122 valence electrons. The van der Waals surface area contributed by atoms with Gasteiger partial charge < -0.3 is 20.3 Å². The van der Waals surface area contributed by atoms with E-state index in [1.54, 1.807) is 0 Å². The molecule has 1 amide bonds. The van der Waals surface area contributed by atoms with Crippen LogP contribution in [0.15, 0.2) is 18.3 Å². The van der Waals surface area contributed by atoms with Gasteiger partial charge in [0.05, 0.1) is 17.2 Å². The van der Waals surface area contributed by atoms with Crippen LogP contribution in [0.4, 0.5) is 18.0 Å². The number of amides is 1. The average Bonchev–Trinajstić information content (AvgIpc) is 2.37. The van der Waals surface area contributed by atoms with Crippen LogP contribution in [0.2, 0.25) is 0 Å². The molecule has 0 bridgehead atoms. The van der Waals surface area contributed by atoms with Crippen LogP contribution in [0, 0.1) is 0 Å². The summed E-state index contributed by atoms with van der Waals surface area (Å²) in [5.41, 5.74) is 2.93. The van der Waals surface area contributed by atoms with Gasteiger partial charge in [-0.05, 0) is 12.1 Å². The van der Waals surface area contributed by atoms with Crippen molar-refractivity contribution < 1.29 is 37.3 Å². The number of ether oxygens (including phenoxy) is 2. The van der Waals surface area contributed by atoms with Gasteiger partial charge in [0.1, 0.15) is 6.61 Å². The Labute approximate surface area is 122 Å². The van der Waals surface area contributed by atoms with Crippen LogP contribution in [0.1, 0.15) is 24.1 Å². The fourth-order valence-corrected chi connectivity index (χ4v) is 1.66. The molecule has 0 saturated heterocycles. The van der Waals surface area contributed by atoms with Gasteiger partial charge in [0.15, 0.2) is 0 Å². The molecule has 22 heavy (non-hydrogen) atoms. The van der Waals surface area contributed by atoms with Gasteiger partial charge in [0.25, 0.3) is 0 Å². The number of aromatic nitrogens is 1. The van der Waals surface area contributed by atoms with E-state index in [4.69, 9.17) is 5.73 Å². The summed E-state index contributed by atoms with van der Waals surface area (Å²) in [6.45, 7) is 0.353. The minimum atomic E-state index is -4.76. The van der Waals surface area contributed by atoms with Gasteiger partial charge in [0, 0.05) is 13.1 Å². The molecule has 7 nitrogen and oxygen atoms in total. The molecule has 0 saturated carbocycles. The highest BCUT2D eigenvalue weighted by Gasteiger charge is 2.39. The van der Waals surface area contributed by atoms with Gasteiger partial charge in [-0.2, -0.15) is 13.2 Å². The smallest absolute Gasteiger partial charge is 0.418 e. The molecule has 10 heteroatoms. The lowest BCUT2D eigenvalue weighted by Crippen LogP contribution is -2.33. The number of nitrogens with zero attached hydrogens (tertiary/aromatic N) is 1. The SMILES string of the molecule is CC(=O)OC[C@H](c1ncccc1C(F)(F)F)C(O)OC(N)=O. The second-order valence-corrected chi connectivity index (χ2v) is 4.17. The molecular weight excluding hydrogens is 309 g/mol. The number of aliphatic hydroxyl groups is 1. The summed E-state index contributed by atoms with van der Waals surface area (Å²) >= 11 is 0. The van der Waals surface area contributed by atoms with Crippen molar-refractivity contribution in [2.75, 3.05) is 6.61 Å². The fraction of sp³-hybridized carbons (Fsp3) is 0.417. The first-order valence-electron chi connectivity index (χ1n) is 5.92. The fourth-order valence-electron chi connectivity index (χ4n) is 1.66. The van der Waals surface area contributed by atoms with Crippen molar-refractivity contribution in [3.63, 3.8) is 0 Å². The van der Waals surface area contributed by atoms with E-state index in [9.17, 15) is 27.9 Å². The molecule has 1 unspecified atom stereocenters. The van der Waals surface area contributed by atoms with Crippen molar-refractivity contribution in [2.24, 2.45) is 5.73 Å². The number of hydrogen-bond donors (Lipinski definition) is 2. The van der Waals surface area contributed by atoms with Gasteiger partial charge in [-0.15, -0.1) is 0 Å². The summed E-state index contributed by atoms with van der Waals surface area (Å²) in [5, 5.41) is 9.71. The number of rotatable bonds is 5. The van der Waals surface area contributed by atoms with Gasteiger partial charge in [-0.1, -0.05) is 0 Å². The van der Waals surface area contributed by atoms with Crippen molar-refractivity contribution >= 4 is 12.1 Å². The van der Waals surface area contributed by atoms with Crippen molar-refractivity contribution in [2.45, 2.75) is 25.3 Å². The number of aliphatic hydroxyl groups excluding tert-OH is 1. The Balaban J connectivity index is 3.20. The van der Waals surface area contributed by atoms with Crippen LogP contribution < -0.4 is 5.73 Å². The van der Waals surface area contributed by atoms with E-state index < -0.39 is 48.3 Å². The lowest BCUT2D eigenvalue weighted by atomic mass is 9.99. The van der Waals surface area contributed by atoms with E-state index in [0.717, 1.165) is 25.3 Å². The first-order chi connectivity index (χ1) is 10.1. The van der Waals surface area contributed by atoms with Crippen LogP contribution in [0.25, 0.3) is 0 Å². The molecular formula is C12H13F3N2O5. The van der Waals surface area contributed by atoms with Crippen LogP contribution in [-0.4, -0.2) is 35.0 Å². The number of carbonyl (C=O) groups excluding carboxylic acids is 2. The summed E-state index contributed by atoms with van der Waals surface area (Å²) in [6, 6.07) is 1.79. The molecule has 0 aromatic carbocycles. The number of pyridine rings is 1. The Morgan fingerprint density at radius 3 is 2.59 bits per heavy atom. The highest BCUT2D eigenvalue weighted by atomic mass is 19.4. The zero-order valence-corrected chi connectivity index (χ0v) is 11.3. The number of carbonyl (C=O) groups is 2. The molecule has 1 heterocycles. The number of esters is 1. The highest BCUT2D eigenvalue weighted by molar-refractivity contribution is 5.66. The average molecular weight is 322 g/mol. The monoisotopic (exact) mass is 322 g/mol. The molecule has 0 aliphatic carbocycles. The summed E-state index contributed by atoms with van der Waals surface area (Å²) in [7, 11) is 0. The molecule has 1 aromatic heterocycles. The highest BCUT2D eigenvalue weighted by Crippen LogP contribution is 2.35. The topological polar surface area (TPSA) is 112 Å². The number of hydrogen-bond acceptors (Lipinski definition) is 6. The van der Waals surface area contributed by atoms with E-state index in [2.05, 4.69) is 14.5 Å². The predicted octanol–water partition coefficient (Wildman–Crippen LogP) is 1.16. The summed E-state index contributed by atoms with van der Waals surface area (Å²) in [4.78, 5) is 25.0. The van der Waals surface area contributed by atoms with E-state index >= 15 is 0 Å². The largest absolute Gasteiger partial charge is 0.465 e. The number of alkyl halides is 3. The molecule has 1 rings (SSSR count). The van der Waals surface area contributed by atoms with E-state index in [1.807, 2.05) is 0 Å². The lowest BCUT2D eigenvalue weighted by Gasteiger charge is -2.23. The Hall–Kier alpha value is -2.36. The normalized spacial score (nSPS) is 14.0. The maximum atomic E-state index is 13.0. The minimum Gasteiger partial charge on any atom is -0.465 e. The van der Waals surface area contributed by atoms with Crippen molar-refractivity contribution in [1.29, 1.82) is 0 Å². The van der Waals surface area contributed by atoms with Gasteiger partial charge in [0.2, 0.25) is 6.29 Å². The molecule has 0 aliphatic rings. The van der Waals surface area contributed by atoms with E-state index in [1.165, 1.54) is 0 Å². The predicted molar refractivity (Wildman–Crippen MR) is 65.3 cm³/mol. The summed E-state index contributed by atoms with van der Waals surface area (Å²) < 4.78 is 47.8. The van der Waals surface area contributed by atoms with Gasteiger partial charge >= 0.3 is 18.2 Å². The third kappa shape index (κ3) is 4.88. The zero-order chi connectivity index (χ0) is 16.9. The first kappa shape index (κ1) is 17.7. The Morgan fingerprint density at radius 2 is 2.09 bits per heavy atom. The van der Waals surface area contributed by atoms with Crippen LogP contribution in [-0.2, 0) is 20.4 Å².